The standard InChI is InChI=1S/C10H12ClIN2O/c1-10(3-4-10)9-13-6(5-15-2)7(12)8(11)14-9/h3-5H2,1-2H3. The van der Waals surface area contributed by atoms with Crippen LogP contribution in [0.25, 0.3) is 0 Å². The summed E-state index contributed by atoms with van der Waals surface area (Å²) in [5, 5.41) is 0.542. The van der Waals surface area contributed by atoms with E-state index in [0.29, 0.717) is 11.8 Å². The minimum absolute atomic E-state index is 0.149. The topological polar surface area (TPSA) is 35.0 Å². The van der Waals surface area contributed by atoms with Crippen molar-refractivity contribution in [2.45, 2.75) is 31.8 Å². The summed E-state index contributed by atoms with van der Waals surface area (Å²) >= 11 is 8.23. The first-order chi connectivity index (χ1) is 7.07. The molecule has 1 aliphatic rings. The molecule has 1 fully saturated rings. The third-order valence-corrected chi connectivity index (χ3v) is 4.43. The van der Waals surface area contributed by atoms with E-state index in [1.54, 1.807) is 7.11 Å². The van der Waals surface area contributed by atoms with E-state index < -0.39 is 0 Å². The maximum Gasteiger partial charge on any atom is 0.146 e. The first-order valence-corrected chi connectivity index (χ1v) is 6.24. The van der Waals surface area contributed by atoms with Crippen LogP contribution in [0.3, 0.4) is 0 Å². The molecule has 0 amide bonds. The van der Waals surface area contributed by atoms with Crippen molar-refractivity contribution in [1.29, 1.82) is 0 Å². The second-order valence-corrected chi connectivity index (χ2v) is 5.53. The predicted octanol–water partition coefficient (Wildman–Crippen LogP) is 2.93. The van der Waals surface area contributed by atoms with Gasteiger partial charge in [0.05, 0.1) is 15.9 Å². The van der Waals surface area contributed by atoms with E-state index in [-0.39, 0.29) is 5.41 Å². The van der Waals surface area contributed by atoms with Gasteiger partial charge in [0.2, 0.25) is 0 Å². The molecule has 0 unspecified atom stereocenters. The normalized spacial score (nSPS) is 17.9. The van der Waals surface area contributed by atoms with Crippen LogP contribution in [0, 0.1) is 3.57 Å². The molecule has 3 nitrogen and oxygen atoms in total. The summed E-state index contributed by atoms with van der Waals surface area (Å²) in [5.74, 6) is 0.861. The molecule has 82 valence electrons. The number of rotatable bonds is 3. The molecule has 1 aromatic heterocycles. The van der Waals surface area contributed by atoms with Gasteiger partial charge >= 0.3 is 0 Å². The molecule has 1 heterocycles. The Morgan fingerprint density at radius 3 is 2.67 bits per heavy atom. The molecule has 0 atom stereocenters. The van der Waals surface area contributed by atoms with Crippen LogP contribution in [0.4, 0.5) is 0 Å². The molecule has 0 aliphatic heterocycles. The molecule has 15 heavy (non-hydrogen) atoms. The lowest BCUT2D eigenvalue weighted by Crippen LogP contribution is -2.11. The summed E-state index contributed by atoms with van der Waals surface area (Å²) in [7, 11) is 1.66. The summed E-state index contributed by atoms with van der Waals surface area (Å²) in [5.41, 5.74) is 1.04. The Morgan fingerprint density at radius 2 is 2.13 bits per heavy atom. The fourth-order valence-electron chi connectivity index (χ4n) is 1.38. The average molecular weight is 339 g/mol. The van der Waals surface area contributed by atoms with E-state index in [0.717, 1.165) is 27.9 Å². The van der Waals surface area contributed by atoms with E-state index >= 15 is 0 Å². The zero-order chi connectivity index (χ0) is 11.1. The minimum atomic E-state index is 0.149. The fraction of sp³-hybridized carbons (Fsp3) is 0.600. The van der Waals surface area contributed by atoms with Gasteiger partial charge in [0.15, 0.2) is 0 Å². The SMILES string of the molecule is COCc1nc(C2(C)CC2)nc(Cl)c1I. The van der Waals surface area contributed by atoms with Gasteiger partial charge in [-0.2, -0.15) is 0 Å². The molecule has 0 bridgehead atoms. The quantitative estimate of drug-likeness (QED) is 0.628. The molecule has 0 spiro atoms. The number of nitrogens with zero attached hydrogens (tertiary/aromatic N) is 2. The van der Waals surface area contributed by atoms with Crippen LogP contribution >= 0.6 is 34.2 Å². The van der Waals surface area contributed by atoms with Crippen LogP contribution in [0.2, 0.25) is 5.15 Å². The van der Waals surface area contributed by atoms with Crippen LogP contribution in [0.15, 0.2) is 0 Å². The lowest BCUT2D eigenvalue weighted by atomic mass is 10.1. The first kappa shape index (κ1) is 11.5. The zero-order valence-corrected chi connectivity index (χ0v) is 11.6. The predicted molar refractivity (Wildman–Crippen MR) is 67.1 cm³/mol. The van der Waals surface area contributed by atoms with Gasteiger partial charge in [0.1, 0.15) is 11.0 Å². The highest BCUT2D eigenvalue weighted by Gasteiger charge is 2.42. The van der Waals surface area contributed by atoms with Crippen molar-refractivity contribution in [2.24, 2.45) is 0 Å². The van der Waals surface area contributed by atoms with Crippen molar-refractivity contribution in [2.75, 3.05) is 7.11 Å². The third kappa shape index (κ3) is 2.26. The summed E-state index contributed by atoms with van der Waals surface area (Å²) < 4.78 is 5.99. The van der Waals surface area contributed by atoms with E-state index in [1.165, 1.54) is 0 Å². The number of methoxy groups -OCH3 is 1. The van der Waals surface area contributed by atoms with Gasteiger partial charge in [0, 0.05) is 12.5 Å². The zero-order valence-electron chi connectivity index (χ0n) is 8.68. The highest BCUT2D eigenvalue weighted by Crippen LogP contribution is 2.46. The van der Waals surface area contributed by atoms with Gasteiger partial charge in [-0.1, -0.05) is 18.5 Å². The number of ether oxygens (including phenoxy) is 1. The first-order valence-electron chi connectivity index (χ1n) is 4.78. The number of aromatic nitrogens is 2. The molecular weight excluding hydrogens is 326 g/mol. The van der Waals surface area contributed by atoms with Crippen LogP contribution in [-0.2, 0) is 16.8 Å². The Kier molecular flexibility index (Phi) is 3.19. The average Bonchev–Trinajstić information content (AvgIpc) is 2.93. The van der Waals surface area contributed by atoms with Gasteiger partial charge in [-0.25, -0.2) is 9.97 Å². The van der Waals surface area contributed by atoms with Crippen molar-refractivity contribution in [3.05, 3.63) is 20.2 Å². The third-order valence-electron chi connectivity index (χ3n) is 2.70. The van der Waals surface area contributed by atoms with E-state index in [1.807, 2.05) is 0 Å². The highest BCUT2D eigenvalue weighted by molar-refractivity contribution is 14.1. The summed E-state index contributed by atoms with van der Waals surface area (Å²) in [6.07, 6.45) is 2.30. The lowest BCUT2D eigenvalue weighted by Gasteiger charge is -2.11. The fourth-order valence-corrected chi connectivity index (χ4v) is 1.96. The number of halogens is 2. The number of hydrogen-bond acceptors (Lipinski definition) is 3. The van der Waals surface area contributed by atoms with Gasteiger partial charge in [-0.3, -0.25) is 0 Å². The van der Waals surface area contributed by atoms with Crippen molar-refractivity contribution in [3.8, 4) is 0 Å². The largest absolute Gasteiger partial charge is 0.378 e. The Morgan fingerprint density at radius 1 is 1.47 bits per heavy atom. The molecule has 1 saturated carbocycles. The Hall–Kier alpha value is 0.0600. The summed E-state index contributed by atoms with van der Waals surface area (Å²) in [6, 6.07) is 0. The van der Waals surface area contributed by atoms with Crippen LogP contribution < -0.4 is 0 Å². The maximum atomic E-state index is 6.07. The van der Waals surface area contributed by atoms with Crippen molar-refractivity contribution in [3.63, 3.8) is 0 Å². The molecule has 1 aromatic rings. The van der Waals surface area contributed by atoms with Crippen LogP contribution in [0.1, 0.15) is 31.3 Å². The van der Waals surface area contributed by atoms with Crippen molar-refractivity contribution >= 4 is 34.2 Å². The Bertz CT molecular complexity index is 393. The van der Waals surface area contributed by atoms with Crippen LogP contribution in [0.5, 0.6) is 0 Å². The minimum Gasteiger partial charge on any atom is -0.378 e. The van der Waals surface area contributed by atoms with Gasteiger partial charge in [-0.15, -0.1) is 0 Å². The van der Waals surface area contributed by atoms with Gasteiger partial charge in [0.25, 0.3) is 0 Å². The summed E-state index contributed by atoms with van der Waals surface area (Å²) in [4.78, 5) is 8.87. The molecule has 0 saturated heterocycles. The van der Waals surface area contributed by atoms with Gasteiger partial charge in [-0.05, 0) is 35.4 Å². The smallest absolute Gasteiger partial charge is 0.146 e. The molecule has 0 aromatic carbocycles. The Balaban J connectivity index is 2.41. The Labute approximate surface area is 108 Å². The second kappa shape index (κ2) is 4.14. The van der Waals surface area contributed by atoms with E-state index in [2.05, 4.69) is 39.5 Å². The number of hydrogen-bond donors (Lipinski definition) is 0. The molecule has 0 radical (unpaired) electrons. The second-order valence-electron chi connectivity index (χ2n) is 4.09. The summed E-state index contributed by atoms with van der Waals surface area (Å²) in [6.45, 7) is 2.66. The van der Waals surface area contributed by atoms with Gasteiger partial charge < -0.3 is 4.74 Å². The van der Waals surface area contributed by atoms with Crippen molar-refractivity contribution in [1.82, 2.24) is 9.97 Å². The maximum absolute atomic E-state index is 6.07. The van der Waals surface area contributed by atoms with Crippen molar-refractivity contribution < 1.29 is 4.74 Å². The molecule has 2 rings (SSSR count). The monoisotopic (exact) mass is 338 g/mol. The molecule has 5 heteroatoms. The molecular formula is C10H12ClIN2O. The van der Waals surface area contributed by atoms with E-state index in [9.17, 15) is 0 Å². The molecule has 1 aliphatic carbocycles. The lowest BCUT2D eigenvalue weighted by molar-refractivity contribution is 0.180. The highest BCUT2D eigenvalue weighted by atomic mass is 127. The molecule has 0 N–H and O–H groups in total. The van der Waals surface area contributed by atoms with Crippen LogP contribution in [-0.4, -0.2) is 17.1 Å². The van der Waals surface area contributed by atoms with E-state index in [4.69, 9.17) is 16.3 Å².